The van der Waals surface area contributed by atoms with Crippen molar-refractivity contribution in [3.8, 4) is 0 Å². The highest BCUT2D eigenvalue weighted by atomic mass is 35.5. The van der Waals surface area contributed by atoms with Crippen LogP contribution in [0.4, 0.5) is 0 Å². The lowest BCUT2D eigenvalue weighted by atomic mass is 9.76. The predicted molar refractivity (Wildman–Crippen MR) is 64.2 cm³/mol. The molecule has 13 heavy (non-hydrogen) atoms. The summed E-state index contributed by atoms with van der Waals surface area (Å²) in [5.41, 5.74) is 0. The van der Waals surface area contributed by atoms with E-state index in [1.807, 2.05) is 6.92 Å². The van der Waals surface area contributed by atoms with Gasteiger partial charge in [-0.25, -0.2) is 0 Å². The molecule has 0 aromatic rings. The van der Waals surface area contributed by atoms with Crippen LogP contribution in [-0.2, 0) is 0 Å². The first kappa shape index (κ1) is 12.0. The molecule has 0 spiro atoms. The molecule has 0 aromatic carbocycles. The molecule has 4 unspecified atom stereocenters. The molecule has 0 aromatic heterocycles. The number of halogens is 2. The maximum absolute atomic E-state index is 6.31. The highest BCUT2D eigenvalue weighted by molar-refractivity contribution is 7.81. The molecule has 1 aliphatic carbocycles. The van der Waals surface area contributed by atoms with E-state index in [1.54, 1.807) is 0 Å². The molecule has 0 N–H and O–H groups in total. The van der Waals surface area contributed by atoms with Gasteiger partial charge in [0.15, 0.2) is 0 Å². The number of alkyl halides is 2. The molecule has 0 nitrogen and oxygen atoms in total. The van der Waals surface area contributed by atoms with Gasteiger partial charge in [-0.15, -0.1) is 23.2 Å². The summed E-state index contributed by atoms with van der Waals surface area (Å²) in [5, 5.41) is 0.219. The van der Waals surface area contributed by atoms with Gasteiger partial charge in [0.2, 0.25) is 0 Å². The molecule has 0 heterocycles. The van der Waals surface area contributed by atoms with E-state index >= 15 is 0 Å². The molecule has 0 aliphatic heterocycles. The van der Waals surface area contributed by atoms with Crippen molar-refractivity contribution in [2.24, 2.45) is 11.8 Å². The molecule has 0 bridgehead atoms. The summed E-state index contributed by atoms with van der Waals surface area (Å²) in [6.07, 6.45) is 2.15. The molecule has 3 heteroatoms. The van der Waals surface area contributed by atoms with Gasteiger partial charge in [0, 0.05) is 5.25 Å². The van der Waals surface area contributed by atoms with E-state index in [9.17, 15) is 0 Å². The van der Waals surface area contributed by atoms with Crippen LogP contribution in [0.5, 0.6) is 0 Å². The molecular formula is C10H18Cl2S. The predicted octanol–water partition coefficient (Wildman–Crippen LogP) is 3.96. The van der Waals surface area contributed by atoms with E-state index < -0.39 is 0 Å². The summed E-state index contributed by atoms with van der Waals surface area (Å²) in [6.45, 7) is 6.48. The van der Waals surface area contributed by atoms with E-state index in [0.717, 1.165) is 12.8 Å². The lowest BCUT2D eigenvalue weighted by Crippen LogP contribution is -2.46. The van der Waals surface area contributed by atoms with E-state index in [2.05, 4.69) is 26.5 Å². The highest BCUT2D eigenvalue weighted by Crippen LogP contribution is 2.44. The van der Waals surface area contributed by atoms with E-state index in [0.29, 0.717) is 11.8 Å². The van der Waals surface area contributed by atoms with Crippen LogP contribution in [0.3, 0.4) is 0 Å². The maximum Gasteiger partial charge on any atom is 0.0643 e. The second kappa shape index (κ2) is 4.20. The quantitative estimate of drug-likeness (QED) is 0.521. The Labute approximate surface area is 96.8 Å². The third-order valence-electron chi connectivity index (χ3n) is 3.14. The highest BCUT2D eigenvalue weighted by Gasteiger charge is 2.43. The summed E-state index contributed by atoms with van der Waals surface area (Å²) in [7, 11) is 0. The molecule has 0 radical (unpaired) electrons. The fraction of sp³-hybridized carbons (Fsp3) is 1.00. The van der Waals surface area contributed by atoms with Crippen LogP contribution in [0.2, 0.25) is 0 Å². The van der Waals surface area contributed by atoms with Crippen molar-refractivity contribution in [1.29, 1.82) is 0 Å². The van der Waals surface area contributed by atoms with Gasteiger partial charge in [-0.2, -0.15) is 12.6 Å². The molecule has 1 saturated carbocycles. The van der Waals surface area contributed by atoms with Crippen molar-refractivity contribution < 1.29 is 0 Å². The Balaban J connectivity index is 2.70. The fourth-order valence-corrected chi connectivity index (χ4v) is 3.51. The van der Waals surface area contributed by atoms with E-state index in [-0.39, 0.29) is 15.5 Å². The number of rotatable bonds is 1. The summed E-state index contributed by atoms with van der Waals surface area (Å²) in [5.74, 6) is 1.26. The lowest BCUT2D eigenvalue weighted by molar-refractivity contribution is 0.263. The molecule has 1 aliphatic rings. The van der Waals surface area contributed by atoms with Gasteiger partial charge < -0.3 is 0 Å². The van der Waals surface area contributed by atoms with Gasteiger partial charge in [0.25, 0.3) is 0 Å². The second-order valence-corrected chi connectivity index (χ2v) is 6.55. The zero-order chi connectivity index (χ0) is 10.2. The molecule has 1 fully saturated rings. The van der Waals surface area contributed by atoms with Gasteiger partial charge >= 0.3 is 0 Å². The van der Waals surface area contributed by atoms with Crippen LogP contribution < -0.4 is 0 Å². The van der Waals surface area contributed by atoms with Crippen LogP contribution >= 0.6 is 35.8 Å². The summed E-state index contributed by atoms with van der Waals surface area (Å²) < 4.78 is 0. The van der Waals surface area contributed by atoms with Crippen molar-refractivity contribution in [3.05, 3.63) is 0 Å². The minimum atomic E-state index is -0.265. The van der Waals surface area contributed by atoms with Crippen molar-refractivity contribution in [2.45, 2.75) is 49.1 Å². The maximum atomic E-state index is 6.31. The molecule has 0 saturated heterocycles. The van der Waals surface area contributed by atoms with Crippen LogP contribution in [0, 0.1) is 11.8 Å². The van der Waals surface area contributed by atoms with Crippen molar-refractivity contribution in [2.75, 3.05) is 0 Å². The minimum absolute atomic E-state index is 0.0151. The first-order valence-corrected chi connectivity index (χ1v) is 6.20. The Hall–Kier alpha value is 0.930. The average Bonchev–Trinajstić information content (AvgIpc) is 2.00. The van der Waals surface area contributed by atoms with Gasteiger partial charge in [-0.05, 0) is 31.6 Å². The lowest BCUT2D eigenvalue weighted by Gasteiger charge is -2.43. The van der Waals surface area contributed by atoms with Gasteiger partial charge in [-0.3, -0.25) is 0 Å². The summed E-state index contributed by atoms with van der Waals surface area (Å²) >= 11 is 17.2. The number of hydrogen-bond acceptors (Lipinski definition) is 1. The summed E-state index contributed by atoms with van der Waals surface area (Å²) in [6, 6.07) is 0. The van der Waals surface area contributed by atoms with Crippen LogP contribution in [0.25, 0.3) is 0 Å². The monoisotopic (exact) mass is 240 g/mol. The van der Waals surface area contributed by atoms with Gasteiger partial charge in [0.05, 0.1) is 10.3 Å². The molecular weight excluding hydrogens is 223 g/mol. The van der Waals surface area contributed by atoms with E-state index in [4.69, 9.17) is 23.2 Å². The van der Waals surface area contributed by atoms with Crippen molar-refractivity contribution in [1.82, 2.24) is 0 Å². The standard InChI is InChI=1S/C10H18Cl2S/c1-6(2)7-4-5-10(3,12)9(11)8(7)13/h6-9,13H,4-5H2,1-3H3. The third-order valence-corrected chi connectivity index (χ3v) is 5.28. The number of hydrogen-bond donors (Lipinski definition) is 1. The van der Waals surface area contributed by atoms with Gasteiger partial charge in [0.1, 0.15) is 0 Å². The summed E-state index contributed by atoms with van der Waals surface area (Å²) in [4.78, 5) is -0.265. The third kappa shape index (κ3) is 2.49. The number of thiol groups is 1. The van der Waals surface area contributed by atoms with Crippen LogP contribution in [0.1, 0.15) is 33.6 Å². The molecule has 4 atom stereocenters. The van der Waals surface area contributed by atoms with Crippen molar-refractivity contribution >= 4 is 35.8 Å². The van der Waals surface area contributed by atoms with Crippen LogP contribution in [0.15, 0.2) is 0 Å². The van der Waals surface area contributed by atoms with E-state index in [1.165, 1.54) is 0 Å². The zero-order valence-electron chi connectivity index (χ0n) is 8.43. The Bertz CT molecular complexity index is 178. The first-order valence-electron chi connectivity index (χ1n) is 4.87. The SMILES string of the molecule is CC(C)C1CCC(C)(Cl)C(Cl)C1S. The fourth-order valence-electron chi connectivity index (χ4n) is 2.06. The first-order chi connectivity index (χ1) is 5.86. The van der Waals surface area contributed by atoms with Crippen LogP contribution in [-0.4, -0.2) is 15.5 Å². The largest absolute Gasteiger partial charge is 0.174 e. The second-order valence-electron chi connectivity index (χ2n) is 4.62. The topological polar surface area (TPSA) is 0 Å². The Morgan fingerprint density at radius 3 is 2.46 bits per heavy atom. The molecule has 78 valence electrons. The minimum Gasteiger partial charge on any atom is -0.174 e. The Morgan fingerprint density at radius 1 is 1.46 bits per heavy atom. The van der Waals surface area contributed by atoms with Gasteiger partial charge in [-0.1, -0.05) is 13.8 Å². The normalized spacial score (nSPS) is 46.8. The molecule has 1 rings (SSSR count). The Kier molecular flexibility index (Phi) is 3.88. The molecule has 0 amide bonds. The smallest absolute Gasteiger partial charge is 0.0643 e. The zero-order valence-corrected chi connectivity index (χ0v) is 10.8. The average molecular weight is 241 g/mol. The van der Waals surface area contributed by atoms with Crippen molar-refractivity contribution in [3.63, 3.8) is 0 Å². The Morgan fingerprint density at radius 2 is 2.00 bits per heavy atom.